The number of likely N-dealkylation sites (tertiary alicyclic amines) is 1. The van der Waals surface area contributed by atoms with E-state index in [2.05, 4.69) is 22.9 Å². The Hall–Kier alpha value is -2.70. The van der Waals surface area contributed by atoms with Crippen LogP contribution in [-0.4, -0.2) is 78.9 Å². The van der Waals surface area contributed by atoms with Crippen molar-refractivity contribution in [3.63, 3.8) is 0 Å². The van der Waals surface area contributed by atoms with Crippen molar-refractivity contribution in [2.75, 3.05) is 38.4 Å². The maximum Gasteiger partial charge on any atom is 0.411 e. The molecule has 212 valence electrons. The first-order chi connectivity index (χ1) is 18.5. The molecule has 3 aliphatic heterocycles. The topological polar surface area (TPSA) is 86.1 Å². The van der Waals surface area contributed by atoms with Crippen LogP contribution in [0, 0.1) is 34.9 Å². The van der Waals surface area contributed by atoms with Gasteiger partial charge in [-0.15, -0.1) is 0 Å². The normalized spacial score (nSPS) is 29.6. The zero-order chi connectivity index (χ0) is 27.9. The molecule has 1 aliphatic carbocycles. The molecule has 2 bridgehead atoms. The molecule has 3 saturated heterocycles. The van der Waals surface area contributed by atoms with E-state index in [-0.39, 0.29) is 36.4 Å². The Morgan fingerprint density at radius 1 is 1.23 bits per heavy atom. The van der Waals surface area contributed by atoms with E-state index in [1.165, 1.54) is 0 Å². The number of piperidine rings is 2. The van der Waals surface area contributed by atoms with Crippen LogP contribution in [0.15, 0.2) is 18.2 Å². The van der Waals surface area contributed by atoms with Crippen molar-refractivity contribution in [1.29, 1.82) is 5.26 Å². The van der Waals surface area contributed by atoms with Crippen LogP contribution in [0.3, 0.4) is 0 Å². The highest BCUT2D eigenvalue weighted by atomic mass is 19.1. The molecule has 4 fully saturated rings. The average Bonchev–Trinajstić information content (AvgIpc) is 3.50. The minimum Gasteiger partial charge on any atom is -0.444 e. The van der Waals surface area contributed by atoms with Gasteiger partial charge in [-0.1, -0.05) is 6.07 Å². The molecule has 1 aromatic rings. The molecule has 0 unspecified atom stereocenters. The summed E-state index contributed by atoms with van der Waals surface area (Å²) in [6.07, 6.45) is 3.26. The van der Waals surface area contributed by atoms with Crippen molar-refractivity contribution in [1.82, 2.24) is 9.80 Å². The van der Waals surface area contributed by atoms with Crippen molar-refractivity contribution in [2.45, 2.75) is 83.0 Å². The first-order valence-electron chi connectivity index (χ1n) is 14.3. The van der Waals surface area contributed by atoms with Crippen LogP contribution in [0.4, 0.5) is 14.9 Å². The van der Waals surface area contributed by atoms with Gasteiger partial charge in [0.05, 0.1) is 31.4 Å². The Morgan fingerprint density at radius 2 is 2.03 bits per heavy atom. The lowest BCUT2D eigenvalue weighted by Gasteiger charge is -2.46. The van der Waals surface area contributed by atoms with Crippen LogP contribution < -0.4 is 4.90 Å². The van der Waals surface area contributed by atoms with Gasteiger partial charge in [0.25, 0.3) is 0 Å². The SMILES string of the molecule is CN1COC[C@@H]2CCN(c3ccc(C[C@@H](C#N)CC(=O)[C@@H]4[C@H]5CC[C@H](C5)N4C(=O)OC(C)(C)C)c(F)c3)C[C@@H]21. The number of rotatable bonds is 6. The average molecular weight is 541 g/mol. The second-order valence-electron chi connectivity index (χ2n) is 12.9. The van der Waals surface area contributed by atoms with Crippen molar-refractivity contribution in [3.8, 4) is 6.07 Å². The molecule has 1 aromatic carbocycles. The van der Waals surface area contributed by atoms with Gasteiger partial charge >= 0.3 is 6.09 Å². The number of ether oxygens (including phenoxy) is 2. The molecule has 0 N–H and O–H groups in total. The van der Waals surface area contributed by atoms with E-state index in [0.717, 1.165) is 51.1 Å². The first kappa shape index (κ1) is 27.9. The number of ketones is 1. The molecule has 8 nitrogen and oxygen atoms in total. The summed E-state index contributed by atoms with van der Waals surface area (Å²) in [4.78, 5) is 32.4. The first-order valence-corrected chi connectivity index (χ1v) is 14.3. The third-order valence-corrected chi connectivity index (χ3v) is 8.93. The number of hydrogen-bond donors (Lipinski definition) is 0. The molecule has 39 heavy (non-hydrogen) atoms. The molecule has 4 aliphatic rings. The maximum atomic E-state index is 15.3. The number of likely N-dealkylation sites (N-methyl/N-ethyl adjacent to an activating group) is 1. The molecule has 6 atom stereocenters. The fourth-order valence-electron chi connectivity index (χ4n) is 7.02. The lowest BCUT2D eigenvalue weighted by atomic mass is 9.87. The Labute approximate surface area is 231 Å². The molecule has 3 heterocycles. The molecule has 1 amide bonds. The Bertz CT molecular complexity index is 1130. The minimum absolute atomic E-state index is 0.00548. The van der Waals surface area contributed by atoms with E-state index < -0.39 is 23.7 Å². The van der Waals surface area contributed by atoms with Crippen molar-refractivity contribution >= 4 is 17.6 Å². The monoisotopic (exact) mass is 540 g/mol. The van der Waals surface area contributed by atoms with Crippen molar-refractivity contribution < 1.29 is 23.5 Å². The lowest BCUT2D eigenvalue weighted by molar-refractivity contribution is -0.126. The third-order valence-electron chi connectivity index (χ3n) is 8.93. The summed E-state index contributed by atoms with van der Waals surface area (Å²) >= 11 is 0. The number of Topliss-reactive ketones (excluding diaryl/α,β-unsaturated/α-hetero) is 1. The number of fused-ring (bicyclic) bond motifs is 3. The molecule has 0 spiro atoms. The number of amides is 1. The summed E-state index contributed by atoms with van der Waals surface area (Å²) in [5.41, 5.74) is 0.629. The maximum absolute atomic E-state index is 15.3. The second kappa shape index (κ2) is 11.1. The quantitative estimate of drug-likeness (QED) is 0.530. The summed E-state index contributed by atoms with van der Waals surface area (Å²) in [5, 5.41) is 9.87. The molecule has 9 heteroatoms. The van der Waals surface area contributed by atoms with Crippen LogP contribution in [0.25, 0.3) is 0 Å². The van der Waals surface area contributed by atoms with Crippen molar-refractivity contribution in [2.24, 2.45) is 17.8 Å². The largest absolute Gasteiger partial charge is 0.444 e. The number of carbonyl (C=O) groups is 2. The highest BCUT2D eigenvalue weighted by Crippen LogP contribution is 2.44. The van der Waals surface area contributed by atoms with Gasteiger partial charge in [-0.05, 0) is 83.5 Å². The number of benzene rings is 1. The summed E-state index contributed by atoms with van der Waals surface area (Å²) in [6, 6.07) is 7.29. The number of nitriles is 1. The van der Waals surface area contributed by atoms with Gasteiger partial charge in [-0.2, -0.15) is 5.26 Å². The molecule has 0 radical (unpaired) electrons. The van der Waals surface area contributed by atoms with E-state index in [0.29, 0.717) is 24.3 Å². The fourth-order valence-corrected chi connectivity index (χ4v) is 7.02. The molecular weight excluding hydrogens is 499 g/mol. The number of hydrogen-bond acceptors (Lipinski definition) is 7. The summed E-state index contributed by atoms with van der Waals surface area (Å²) in [5.74, 6) is -0.536. The summed E-state index contributed by atoms with van der Waals surface area (Å²) < 4.78 is 26.5. The van der Waals surface area contributed by atoms with E-state index in [1.807, 2.05) is 26.8 Å². The third kappa shape index (κ3) is 5.92. The fraction of sp³-hybridized carbons (Fsp3) is 0.700. The van der Waals surface area contributed by atoms with Crippen LogP contribution in [-0.2, 0) is 20.7 Å². The Morgan fingerprint density at radius 3 is 2.74 bits per heavy atom. The molecule has 0 aromatic heterocycles. The smallest absolute Gasteiger partial charge is 0.411 e. The summed E-state index contributed by atoms with van der Waals surface area (Å²) in [7, 11) is 2.07. The standard InChI is InChI=1S/C30H41FN4O4/c1-30(2,3)39-29(37)35-24-8-6-21(13-24)28(35)27(36)12-19(15-32)11-20-5-7-23(14-25(20)31)34-10-9-22-17-38-18-33(4)26(22)16-34/h5,7,14,19,21-22,24,26,28H,6,8-13,16-18H2,1-4H3/t19-,21+,22+,24-,26+,28+/m1/s1. The lowest BCUT2D eigenvalue weighted by Crippen LogP contribution is -2.56. The number of carbonyl (C=O) groups excluding carboxylic acids is 2. The van der Waals surface area contributed by atoms with Crippen molar-refractivity contribution in [3.05, 3.63) is 29.6 Å². The van der Waals surface area contributed by atoms with E-state index in [9.17, 15) is 14.9 Å². The number of anilines is 1. The zero-order valence-electron chi connectivity index (χ0n) is 23.6. The van der Waals surface area contributed by atoms with E-state index >= 15 is 4.39 Å². The molecule has 1 saturated carbocycles. The van der Waals surface area contributed by atoms with Gasteiger partial charge in [0, 0.05) is 43.2 Å². The van der Waals surface area contributed by atoms with Gasteiger partial charge in [-0.25, -0.2) is 9.18 Å². The van der Waals surface area contributed by atoms with Gasteiger partial charge < -0.3 is 14.4 Å². The zero-order valence-corrected chi connectivity index (χ0v) is 23.6. The van der Waals surface area contributed by atoms with Crippen LogP contribution >= 0.6 is 0 Å². The van der Waals surface area contributed by atoms with Gasteiger partial charge in [0.1, 0.15) is 11.4 Å². The molecule has 5 rings (SSSR count). The summed E-state index contributed by atoms with van der Waals surface area (Å²) in [6.45, 7) is 8.52. The van der Waals surface area contributed by atoms with E-state index in [1.54, 1.807) is 17.0 Å². The van der Waals surface area contributed by atoms with Crippen LogP contribution in [0.5, 0.6) is 0 Å². The number of halogens is 1. The number of nitrogens with zero attached hydrogens (tertiary/aromatic N) is 4. The molecular formula is C30H41FN4O4. The Balaban J connectivity index is 1.23. The van der Waals surface area contributed by atoms with Crippen LogP contribution in [0.2, 0.25) is 0 Å². The van der Waals surface area contributed by atoms with Gasteiger partial charge in [0.15, 0.2) is 5.78 Å². The minimum atomic E-state index is -0.663. The highest BCUT2D eigenvalue weighted by molar-refractivity contribution is 5.89. The Kier molecular flexibility index (Phi) is 7.89. The van der Waals surface area contributed by atoms with Gasteiger partial charge in [-0.3, -0.25) is 14.6 Å². The van der Waals surface area contributed by atoms with Gasteiger partial charge in [0.2, 0.25) is 0 Å². The highest BCUT2D eigenvalue weighted by Gasteiger charge is 2.52. The predicted octanol–water partition coefficient (Wildman–Crippen LogP) is 4.37. The van der Waals surface area contributed by atoms with E-state index in [4.69, 9.17) is 9.47 Å². The second-order valence-corrected chi connectivity index (χ2v) is 12.9. The van der Waals surface area contributed by atoms with Crippen LogP contribution in [0.1, 0.15) is 58.4 Å². The predicted molar refractivity (Wildman–Crippen MR) is 145 cm³/mol.